The van der Waals surface area contributed by atoms with Crippen LogP contribution in [0.1, 0.15) is 45.6 Å². The maximum absolute atomic E-state index is 13.3. The Labute approximate surface area is 219 Å². The Morgan fingerprint density at radius 3 is 2.25 bits per heavy atom. The van der Waals surface area contributed by atoms with E-state index in [1.807, 2.05) is 26.0 Å². The first-order valence-electron chi connectivity index (χ1n) is 12.1. The summed E-state index contributed by atoms with van der Waals surface area (Å²) in [6, 6.07) is 13.2. The molecule has 2 aromatic rings. The molecule has 0 spiro atoms. The fourth-order valence-corrected chi connectivity index (χ4v) is 4.74. The number of rotatable bonds is 14. The standard InChI is InChI=1S/C26H36ClN3O5S/c1-5-17-28-26(32)20(3)29(19-21-9-11-22(27)12-10-21)25(31)8-7-18-30(36(4,33)34)23-13-15-24(16-14-23)35-6-2/h9-16,20H,5-8,17-19H2,1-4H3,(H,28,32)/t20-/m0/s1. The summed E-state index contributed by atoms with van der Waals surface area (Å²) in [4.78, 5) is 27.4. The molecule has 2 rings (SSSR count). The highest BCUT2D eigenvalue weighted by Gasteiger charge is 2.26. The lowest BCUT2D eigenvalue weighted by atomic mass is 10.1. The smallest absolute Gasteiger partial charge is 0.242 e. The highest BCUT2D eigenvalue weighted by Crippen LogP contribution is 2.23. The van der Waals surface area contributed by atoms with Crippen molar-refractivity contribution in [1.82, 2.24) is 10.2 Å². The van der Waals surface area contributed by atoms with Gasteiger partial charge in [0.2, 0.25) is 21.8 Å². The Morgan fingerprint density at radius 1 is 1.06 bits per heavy atom. The molecule has 10 heteroatoms. The minimum Gasteiger partial charge on any atom is -0.494 e. The Hall–Kier alpha value is -2.78. The van der Waals surface area contributed by atoms with Gasteiger partial charge in [-0.15, -0.1) is 0 Å². The largest absolute Gasteiger partial charge is 0.494 e. The molecule has 0 saturated carbocycles. The minimum absolute atomic E-state index is 0.0854. The van der Waals surface area contributed by atoms with E-state index in [0.29, 0.717) is 36.0 Å². The van der Waals surface area contributed by atoms with Gasteiger partial charge in [-0.1, -0.05) is 30.7 Å². The lowest BCUT2D eigenvalue weighted by Gasteiger charge is -2.29. The number of nitrogens with zero attached hydrogens (tertiary/aromatic N) is 2. The van der Waals surface area contributed by atoms with Crippen LogP contribution in [0.4, 0.5) is 5.69 Å². The van der Waals surface area contributed by atoms with Crippen LogP contribution in [0.2, 0.25) is 5.02 Å². The molecule has 0 aliphatic rings. The van der Waals surface area contributed by atoms with Crippen molar-refractivity contribution in [2.75, 3.05) is 30.3 Å². The summed E-state index contributed by atoms with van der Waals surface area (Å²) in [6.45, 7) is 6.94. The van der Waals surface area contributed by atoms with Crippen LogP contribution in [0, 0.1) is 0 Å². The van der Waals surface area contributed by atoms with Gasteiger partial charge in [-0.3, -0.25) is 13.9 Å². The fourth-order valence-electron chi connectivity index (χ4n) is 3.64. The zero-order valence-corrected chi connectivity index (χ0v) is 22.9. The van der Waals surface area contributed by atoms with Crippen molar-refractivity contribution in [3.8, 4) is 5.75 Å². The predicted octanol–water partition coefficient (Wildman–Crippen LogP) is 4.23. The van der Waals surface area contributed by atoms with E-state index in [-0.39, 0.29) is 31.3 Å². The van der Waals surface area contributed by atoms with E-state index in [9.17, 15) is 18.0 Å². The van der Waals surface area contributed by atoms with Gasteiger partial charge in [-0.25, -0.2) is 8.42 Å². The number of anilines is 1. The van der Waals surface area contributed by atoms with Gasteiger partial charge in [0.25, 0.3) is 0 Å². The lowest BCUT2D eigenvalue weighted by Crippen LogP contribution is -2.47. The van der Waals surface area contributed by atoms with Gasteiger partial charge in [-0.2, -0.15) is 0 Å². The number of amides is 2. The third-order valence-electron chi connectivity index (χ3n) is 5.57. The normalized spacial score (nSPS) is 12.0. The van der Waals surface area contributed by atoms with E-state index < -0.39 is 16.1 Å². The molecule has 0 radical (unpaired) electrons. The summed E-state index contributed by atoms with van der Waals surface area (Å²) < 4.78 is 31.6. The molecule has 0 saturated heterocycles. The van der Waals surface area contributed by atoms with Crippen molar-refractivity contribution in [3.63, 3.8) is 0 Å². The van der Waals surface area contributed by atoms with Gasteiger partial charge in [-0.05, 0) is 68.7 Å². The monoisotopic (exact) mass is 537 g/mol. The van der Waals surface area contributed by atoms with E-state index in [4.69, 9.17) is 16.3 Å². The molecular weight excluding hydrogens is 502 g/mol. The topological polar surface area (TPSA) is 96.0 Å². The predicted molar refractivity (Wildman–Crippen MR) is 144 cm³/mol. The molecule has 0 unspecified atom stereocenters. The van der Waals surface area contributed by atoms with E-state index in [0.717, 1.165) is 18.2 Å². The third kappa shape index (κ3) is 9.02. The van der Waals surface area contributed by atoms with Crippen LogP contribution < -0.4 is 14.4 Å². The second-order valence-corrected chi connectivity index (χ2v) is 10.8. The van der Waals surface area contributed by atoms with Crippen LogP contribution in [-0.4, -0.2) is 57.1 Å². The summed E-state index contributed by atoms with van der Waals surface area (Å²) in [6.07, 6.45) is 2.30. The zero-order chi connectivity index (χ0) is 26.7. The Morgan fingerprint density at radius 2 is 1.69 bits per heavy atom. The average molecular weight is 538 g/mol. The van der Waals surface area contributed by atoms with Crippen LogP contribution >= 0.6 is 11.6 Å². The number of hydrogen-bond donors (Lipinski definition) is 1. The molecule has 2 amide bonds. The van der Waals surface area contributed by atoms with Crippen LogP contribution in [0.25, 0.3) is 0 Å². The second kappa shape index (κ2) is 14.1. The van der Waals surface area contributed by atoms with Crippen molar-refractivity contribution in [3.05, 3.63) is 59.1 Å². The summed E-state index contributed by atoms with van der Waals surface area (Å²) in [7, 11) is -3.56. The van der Waals surface area contributed by atoms with Gasteiger partial charge < -0.3 is 15.0 Å². The first-order chi connectivity index (χ1) is 17.1. The molecule has 0 aliphatic carbocycles. The second-order valence-electron chi connectivity index (χ2n) is 8.48. The average Bonchev–Trinajstić information content (AvgIpc) is 2.84. The van der Waals surface area contributed by atoms with Crippen molar-refractivity contribution < 1.29 is 22.7 Å². The summed E-state index contributed by atoms with van der Waals surface area (Å²) in [5.74, 6) is 0.189. The van der Waals surface area contributed by atoms with Crippen LogP contribution in [-0.2, 0) is 26.2 Å². The van der Waals surface area contributed by atoms with Gasteiger partial charge >= 0.3 is 0 Å². The molecule has 0 aromatic heterocycles. The number of carbonyl (C=O) groups is 2. The number of nitrogens with one attached hydrogen (secondary N) is 1. The fraction of sp³-hybridized carbons (Fsp3) is 0.462. The number of benzene rings is 2. The molecule has 0 fully saturated rings. The Bertz CT molecular complexity index is 1090. The first kappa shape index (κ1) is 29.5. The van der Waals surface area contributed by atoms with Crippen molar-refractivity contribution in [2.45, 2.75) is 52.6 Å². The molecule has 0 bridgehead atoms. The van der Waals surface area contributed by atoms with Crippen molar-refractivity contribution in [2.24, 2.45) is 0 Å². The summed E-state index contributed by atoms with van der Waals surface area (Å²) >= 11 is 5.99. The van der Waals surface area contributed by atoms with Gasteiger partial charge in [0, 0.05) is 31.1 Å². The van der Waals surface area contributed by atoms with Crippen LogP contribution in [0.3, 0.4) is 0 Å². The quantitative estimate of drug-likeness (QED) is 0.389. The van der Waals surface area contributed by atoms with Crippen molar-refractivity contribution in [1.29, 1.82) is 0 Å². The molecule has 2 aromatic carbocycles. The Kier molecular flexibility index (Phi) is 11.5. The number of hydrogen-bond acceptors (Lipinski definition) is 5. The molecule has 1 N–H and O–H groups in total. The molecule has 36 heavy (non-hydrogen) atoms. The minimum atomic E-state index is -3.56. The molecule has 0 aliphatic heterocycles. The number of halogens is 1. The highest BCUT2D eigenvalue weighted by molar-refractivity contribution is 7.92. The van der Waals surface area contributed by atoms with Gasteiger partial charge in [0.1, 0.15) is 11.8 Å². The first-order valence-corrected chi connectivity index (χ1v) is 14.3. The summed E-state index contributed by atoms with van der Waals surface area (Å²) in [5, 5.41) is 3.42. The maximum Gasteiger partial charge on any atom is 0.242 e. The van der Waals surface area contributed by atoms with E-state index >= 15 is 0 Å². The molecular formula is C26H36ClN3O5S. The SMILES string of the molecule is CCCNC(=O)[C@H](C)N(Cc1ccc(Cl)cc1)C(=O)CCCN(c1ccc(OCC)cc1)S(C)(=O)=O. The van der Waals surface area contributed by atoms with Crippen LogP contribution in [0.5, 0.6) is 5.75 Å². The van der Waals surface area contributed by atoms with Gasteiger partial charge in [0.15, 0.2) is 0 Å². The Balaban J connectivity index is 2.13. The zero-order valence-electron chi connectivity index (χ0n) is 21.4. The van der Waals surface area contributed by atoms with E-state index in [2.05, 4.69) is 5.32 Å². The van der Waals surface area contributed by atoms with Crippen molar-refractivity contribution >= 4 is 39.1 Å². The maximum atomic E-state index is 13.3. The van der Waals surface area contributed by atoms with E-state index in [1.165, 1.54) is 9.21 Å². The third-order valence-corrected chi connectivity index (χ3v) is 7.02. The number of ether oxygens (including phenoxy) is 1. The molecule has 8 nitrogen and oxygen atoms in total. The lowest BCUT2D eigenvalue weighted by molar-refractivity contribution is -0.140. The number of sulfonamides is 1. The highest BCUT2D eigenvalue weighted by atomic mass is 35.5. The van der Waals surface area contributed by atoms with Crippen LogP contribution in [0.15, 0.2) is 48.5 Å². The molecule has 0 heterocycles. The molecule has 198 valence electrons. The molecule has 1 atom stereocenters. The van der Waals surface area contributed by atoms with E-state index in [1.54, 1.807) is 43.3 Å². The van der Waals surface area contributed by atoms with Gasteiger partial charge in [0.05, 0.1) is 18.6 Å². The summed E-state index contributed by atoms with van der Waals surface area (Å²) in [5.41, 5.74) is 1.34. The number of carbonyl (C=O) groups excluding carboxylic acids is 2.